The standard InChI is InChI=1S/C22H18N4O4/c27-21(16-5-3-15(4-6-16)20-13-23-14-30-20)25-17-7-9-18(10-8-17)26-22(28)24-12-19-2-1-11-29-19/h1-11,13-14H,12H2,(H,25,27)(H2,24,26,28). The molecule has 4 rings (SSSR count). The Morgan fingerprint density at radius 3 is 2.23 bits per heavy atom. The Bertz CT molecular complexity index is 1100. The van der Waals surface area contributed by atoms with Gasteiger partial charge in [-0.2, -0.15) is 0 Å². The first-order chi connectivity index (χ1) is 14.7. The van der Waals surface area contributed by atoms with Crippen LogP contribution in [0.3, 0.4) is 0 Å². The molecule has 8 heteroatoms. The van der Waals surface area contributed by atoms with Crippen LogP contribution in [0.5, 0.6) is 0 Å². The van der Waals surface area contributed by atoms with Gasteiger partial charge in [0.2, 0.25) is 0 Å². The summed E-state index contributed by atoms with van der Waals surface area (Å²) in [5.41, 5.74) is 2.56. The van der Waals surface area contributed by atoms with Crippen LogP contribution in [-0.2, 0) is 6.54 Å². The smallest absolute Gasteiger partial charge is 0.319 e. The molecule has 0 saturated heterocycles. The van der Waals surface area contributed by atoms with Gasteiger partial charge in [-0.05, 0) is 48.5 Å². The Morgan fingerprint density at radius 2 is 1.60 bits per heavy atom. The van der Waals surface area contributed by atoms with Gasteiger partial charge in [-0.3, -0.25) is 4.79 Å². The van der Waals surface area contributed by atoms with Crippen molar-refractivity contribution in [2.24, 2.45) is 0 Å². The highest BCUT2D eigenvalue weighted by Crippen LogP contribution is 2.20. The minimum Gasteiger partial charge on any atom is -0.467 e. The van der Waals surface area contributed by atoms with Gasteiger partial charge in [0.1, 0.15) is 5.76 Å². The quantitative estimate of drug-likeness (QED) is 0.440. The lowest BCUT2D eigenvalue weighted by Crippen LogP contribution is -2.27. The summed E-state index contributed by atoms with van der Waals surface area (Å²) >= 11 is 0. The van der Waals surface area contributed by atoms with Gasteiger partial charge in [0, 0.05) is 22.5 Å². The van der Waals surface area contributed by atoms with E-state index >= 15 is 0 Å². The van der Waals surface area contributed by atoms with Crippen LogP contribution in [0.1, 0.15) is 16.1 Å². The zero-order valence-electron chi connectivity index (χ0n) is 15.8. The maximum absolute atomic E-state index is 12.4. The summed E-state index contributed by atoms with van der Waals surface area (Å²) in [5.74, 6) is 1.06. The van der Waals surface area contributed by atoms with Gasteiger partial charge in [0.25, 0.3) is 5.91 Å². The minimum absolute atomic E-state index is 0.240. The Hall–Kier alpha value is -4.33. The van der Waals surface area contributed by atoms with Gasteiger partial charge in [0.05, 0.1) is 19.0 Å². The number of amides is 3. The first-order valence-electron chi connectivity index (χ1n) is 9.15. The second kappa shape index (κ2) is 8.78. The second-order valence-corrected chi connectivity index (χ2v) is 6.36. The van der Waals surface area contributed by atoms with Crippen LogP contribution in [0.4, 0.5) is 16.2 Å². The van der Waals surface area contributed by atoms with Crippen LogP contribution in [0, 0.1) is 0 Å². The van der Waals surface area contributed by atoms with E-state index in [4.69, 9.17) is 8.83 Å². The van der Waals surface area contributed by atoms with Crippen molar-refractivity contribution in [2.45, 2.75) is 6.54 Å². The van der Waals surface area contributed by atoms with Gasteiger partial charge < -0.3 is 24.8 Å². The molecular formula is C22H18N4O4. The molecule has 150 valence electrons. The summed E-state index contributed by atoms with van der Waals surface area (Å²) in [5, 5.41) is 8.23. The second-order valence-electron chi connectivity index (χ2n) is 6.36. The molecule has 0 atom stereocenters. The van der Waals surface area contributed by atoms with Crippen LogP contribution < -0.4 is 16.0 Å². The summed E-state index contributed by atoms with van der Waals surface area (Å²) in [6.45, 7) is 0.294. The molecule has 0 radical (unpaired) electrons. The molecule has 3 N–H and O–H groups in total. The number of nitrogens with one attached hydrogen (secondary N) is 3. The molecule has 2 heterocycles. The minimum atomic E-state index is -0.352. The Morgan fingerprint density at radius 1 is 0.867 bits per heavy atom. The van der Waals surface area contributed by atoms with E-state index in [1.165, 1.54) is 6.39 Å². The topological polar surface area (TPSA) is 109 Å². The number of nitrogens with zero attached hydrogens (tertiary/aromatic N) is 1. The SMILES string of the molecule is O=C(NCc1ccco1)Nc1ccc(NC(=O)c2ccc(-c3cnco3)cc2)cc1. The molecule has 0 fully saturated rings. The third kappa shape index (κ3) is 4.74. The molecule has 2 aromatic heterocycles. The third-order valence-corrected chi connectivity index (χ3v) is 4.27. The Labute approximate surface area is 171 Å². The number of urea groups is 1. The van der Waals surface area contributed by atoms with E-state index < -0.39 is 0 Å². The summed E-state index contributed by atoms with van der Waals surface area (Å²) in [6, 6.07) is 17.0. The van der Waals surface area contributed by atoms with E-state index in [1.54, 1.807) is 73.1 Å². The molecule has 0 spiro atoms. The summed E-state index contributed by atoms with van der Waals surface area (Å²) in [7, 11) is 0. The summed E-state index contributed by atoms with van der Waals surface area (Å²) in [6.07, 6.45) is 4.52. The summed E-state index contributed by atoms with van der Waals surface area (Å²) in [4.78, 5) is 28.2. The van der Waals surface area contributed by atoms with Crippen molar-refractivity contribution in [1.29, 1.82) is 0 Å². The predicted octanol–water partition coefficient (Wildman–Crippen LogP) is 4.51. The third-order valence-electron chi connectivity index (χ3n) is 4.27. The molecule has 0 saturated carbocycles. The first-order valence-corrected chi connectivity index (χ1v) is 9.15. The fourth-order valence-corrected chi connectivity index (χ4v) is 2.74. The van der Waals surface area contributed by atoms with E-state index in [2.05, 4.69) is 20.9 Å². The van der Waals surface area contributed by atoms with Gasteiger partial charge in [-0.1, -0.05) is 12.1 Å². The number of hydrogen-bond acceptors (Lipinski definition) is 5. The largest absolute Gasteiger partial charge is 0.467 e. The highest BCUT2D eigenvalue weighted by atomic mass is 16.3. The van der Waals surface area contributed by atoms with Crippen molar-refractivity contribution in [3.05, 3.63) is 90.8 Å². The zero-order chi connectivity index (χ0) is 20.8. The number of carbonyl (C=O) groups excluding carboxylic acids is 2. The Kier molecular flexibility index (Phi) is 5.56. The molecule has 4 aromatic rings. The van der Waals surface area contributed by atoms with E-state index in [1.807, 2.05) is 0 Å². The number of benzene rings is 2. The van der Waals surface area contributed by atoms with Crippen LogP contribution in [0.2, 0.25) is 0 Å². The maximum Gasteiger partial charge on any atom is 0.319 e. The van der Waals surface area contributed by atoms with Gasteiger partial charge >= 0.3 is 6.03 Å². The average Bonchev–Trinajstić information content (AvgIpc) is 3.48. The van der Waals surface area contributed by atoms with Crippen LogP contribution >= 0.6 is 0 Å². The normalized spacial score (nSPS) is 10.4. The van der Waals surface area contributed by atoms with Crippen molar-refractivity contribution in [3.8, 4) is 11.3 Å². The molecule has 0 aliphatic heterocycles. The number of furan rings is 1. The van der Waals surface area contributed by atoms with Crippen molar-refractivity contribution in [1.82, 2.24) is 10.3 Å². The maximum atomic E-state index is 12.4. The number of aromatic nitrogens is 1. The van der Waals surface area contributed by atoms with Crippen molar-refractivity contribution < 1.29 is 18.4 Å². The summed E-state index contributed by atoms with van der Waals surface area (Å²) < 4.78 is 10.4. The Balaban J connectivity index is 1.30. The fourth-order valence-electron chi connectivity index (χ4n) is 2.74. The van der Waals surface area contributed by atoms with Crippen molar-refractivity contribution in [2.75, 3.05) is 10.6 Å². The number of rotatable bonds is 6. The molecule has 0 aliphatic carbocycles. The number of hydrogen-bond donors (Lipinski definition) is 3. The highest BCUT2D eigenvalue weighted by Gasteiger charge is 2.08. The molecule has 0 unspecified atom stereocenters. The lowest BCUT2D eigenvalue weighted by Gasteiger charge is -2.09. The van der Waals surface area contributed by atoms with Gasteiger partial charge in [-0.25, -0.2) is 9.78 Å². The molecule has 0 bridgehead atoms. The lowest BCUT2D eigenvalue weighted by atomic mass is 10.1. The van der Waals surface area contributed by atoms with Gasteiger partial charge in [0.15, 0.2) is 12.2 Å². The number of carbonyl (C=O) groups is 2. The van der Waals surface area contributed by atoms with Crippen molar-refractivity contribution >= 4 is 23.3 Å². The van der Waals surface area contributed by atoms with Gasteiger partial charge in [-0.15, -0.1) is 0 Å². The molecule has 3 amide bonds. The van der Waals surface area contributed by atoms with E-state index in [9.17, 15) is 9.59 Å². The molecule has 2 aromatic carbocycles. The molecule has 30 heavy (non-hydrogen) atoms. The zero-order valence-corrected chi connectivity index (χ0v) is 15.8. The molecule has 0 aliphatic rings. The van der Waals surface area contributed by atoms with Crippen LogP contribution in [0.15, 0.2) is 88.4 Å². The van der Waals surface area contributed by atoms with Crippen LogP contribution in [0.25, 0.3) is 11.3 Å². The average molecular weight is 402 g/mol. The van der Waals surface area contributed by atoms with E-state index in [0.717, 1.165) is 5.56 Å². The lowest BCUT2D eigenvalue weighted by molar-refractivity contribution is 0.102. The highest BCUT2D eigenvalue weighted by molar-refractivity contribution is 6.04. The van der Waals surface area contributed by atoms with E-state index in [-0.39, 0.29) is 11.9 Å². The van der Waals surface area contributed by atoms with Crippen LogP contribution in [-0.4, -0.2) is 16.9 Å². The number of anilines is 2. The van der Waals surface area contributed by atoms with E-state index in [0.29, 0.717) is 35.0 Å². The predicted molar refractivity (Wildman–Crippen MR) is 111 cm³/mol. The fraction of sp³-hybridized carbons (Fsp3) is 0.0455. The molecular weight excluding hydrogens is 384 g/mol. The van der Waals surface area contributed by atoms with Crippen molar-refractivity contribution in [3.63, 3.8) is 0 Å². The number of oxazole rings is 1. The monoisotopic (exact) mass is 402 g/mol. The molecule has 8 nitrogen and oxygen atoms in total. The first kappa shape index (κ1) is 19.0.